The van der Waals surface area contributed by atoms with Crippen LogP contribution in [0.5, 0.6) is 23.1 Å². The van der Waals surface area contributed by atoms with Gasteiger partial charge in [0.2, 0.25) is 5.88 Å². The predicted octanol–water partition coefficient (Wildman–Crippen LogP) is 6.12. The second kappa shape index (κ2) is 9.84. The lowest BCUT2D eigenvalue weighted by atomic mass is 10.1. The molecule has 0 unspecified atom stereocenters. The standard InChI is InChI=1S/C11H6Cl2F2N2O2.C11H14O3/c1-17-10(19-11(14)15)8(13)9(16-17)4-2-6-7(18-6)3-5(4)12;1-11(2,10(12)13-3)14-9-7-5-4-6-8-9/h2-3,11H,1H3;4-8H,1-3H3. The average Bonchev–Trinajstić information content (AvgIpc) is 3.47. The molecule has 0 atom stereocenters. The van der Waals surface area contributed by atoms with Gasteiger partial charge in [0.1, 0.15) is 16.5 Å². The number of carbonyl (C=O) groups excluding carboxylic acids is 1. The predicted molar refractivity (Wildman–Crippen MR) is 119 cm³/mol. The maximum atomic E-state index is 12.3. The number of ether oxygens (including phenoxy) is 4. The number of para-hydroxylation sites is 1. The normalized spacial score (nSPS) is 11.7. The molecule has 1 aliphatic heterocycles. The minimum atomic E-state index is -2.98. The maximum absolute atomic E-state index is 12.3. The topological polar surface area (TPSA) is 75.1 Å². The Bertz CT molecular complexity index is 1150. The molecular formula is C22H20Cl2F2N2O5. The zero-order valence-corrected chi connectivity index (χ0v) is 19.6. The Labute approximate surface area is 198 Å². The zero-order chi connectivity index (χ0) is 24.3. The fraction of sp³-hybridized carbons (Fsp3) is 0.273. The Hall–Kier alpha value is -3.04. The van der Waals surface area contributed by atoms with Crippen molar-refractivity contribution in [2.75, 3.05) is 7.11 Å². The highest BCUT2D eigenvalue weighted by atomic mass is 35.5. The number of hydrogen-bond donors (Lipinski definition) is 0. The molecule has 2 heterocycles. The van der Waals surface area contributed by atoms with Crippen LogP contribution in [0.1, 0.15) is 13.8 Å². The van der Waals surface area contributed by atoms with E-state index < -0.39 is 12.2 Å². The lowest BCUT2D eigenvalue weighted by Crippen LogP contribution is -2.39. The highest BCUT2D eigenvalue weighted by Gasteiger charge is 2.31. The van der Waals surface area contributed by atoms with E-state index in [1.807, 2.05) is 18.2 Å². The molecule has 3 aromatic rings. The minimum Gasteiger partial charge on any atom is -0.476 e. The second-order valence-corrected chi connectivity index (χ2v) is 8.05. The number of alkyl halides is 2. The van der Waals surface area contributed by atoms with Crippen molar-refractivity contribution >= 4 is 29.2 Å². The van der Waals surface area contributed by atoms with Crippen LogP contribution in [0.25, 0.3) is 11.3 Å². The molecule has 4 rings (SSSR count). The third-order valence-electron chi connectivity index (χ3n) is 4.40. The van der Waals surface area contributed by atoms with E-state index in [4.69, 9.17) is 32.7 Å². The maximum Gasteiger partial charge on any atom is 0.388 e. The van der Waals surface area contributed by atoms with Crippen LogP contribution < -0.4 is 14.2 Å². The number of esters is 1. The highest BCUT2D eigenvalue weighted by molar-refractivity contribution is 6.37. The quantitative estimate of drug-likeness (QED) is 0.234. The van der Waals surface area contributed by atoms with Gasteiger partial charge in [-0.05, 0) is 32.0 Å². The van der Waals surface area contributed by atoms with Gasteiger partial charge in [-0.25, -0.2) is 9.48 Å². The molecule has 33 heavy (non-hydrogen) atoms. The number of nitrogens with zero attached hydrogens (tertiary/aromatic N) is 2. The molecule has 0 amide bonds. The first kappa shape index (κ1) is 24.6. The van der Waals surface area contributed by atoms with Crippen LogP contribution in [0.2, 0.25) is 10.0 Å². The molecule has 1 aromatic heterocycles. The van der Waals surface area contributed by atoms with E-state index in [9.17, 15) is 13.6 Å². The van der Waals surface area contributed by atoms with Gasteiger partial charge in [0.25, 0.3) is 0 Å². The number of hydrogen-bond acceptors (Lipinski definition) is 6. The average molecular weight is 501 g/mol. The van der Waals surface area contributed by atoms with Crippen molar-refractivity contribution < 1.29 is 32.5 Å². The zero-order valence-electron chi connectivity index (χ0n) is 18.1. The van der Waals surface area contributed by atoms with Gasteiger partial charge < -0.3 is 18.9 Å². The van der Waals surface area contributed by atoms with E-state index in [-0.39, 0.29) is 22.6 Å². The number of aromatic nitrogens is 2. The number of fused-ring (bicyclic) bond motifs is 1. The number of aryl methyl sites for hydroxylation is 1. The Kier molecular flexibility index (Phi) is 7.34. The molecule has 176 valence electrons. The largest absolute Gasteiger partial charge is 0.476 e. The van der Waals surface area contributed by atoms with Crippen LogP contribution in [0, 0.1) is 0 Å². The van der Waals surface area contributed by atoms with Crippen molar-refractivity contribution in [3.63, 3.8) is 0 Å². The lowest BCUT2D eigenvalue weighted by molar-refractivity contribution is -0.156. The van der Waals surface area contributed by atoms with Crippen LogP contribution in [0.15, 0.2) is 42.5 Å². The van der Waals surface area contributed by atoms with E-state index in [0.29, 0.717) is 27.8 Å². The van der Waals surface area contributed by atoms with Gasteiger partial charge in [-0.2, -0.15) is 13.9 Å². The third kappa shape index (κ3) is 5.85. The van der Waals surface area contributed by atoms with E-state index in [0.717, 1.165) is 4.68 Å². The second-order valence-electron chi connectivity index (χ2n) is 7.27. The van der Waals surface area contributed by atoms with Crippen molar-refractivity contribution in [2.24, 2.45) is 7.05 Å². The molecule has 0 saturated heterocycles. The van der Waals surface area contributed by atoms with E-state index in [1.165, 1.54) is 14.2 Å². The number of methoxy groups -OCH3 is 1. The summed E-state index contributed by atoms with van der Waals surface area (Å²) in [6.07, 6.45) is 0. The van der Waals surface area contributed by atoms with Crippen molar-refractivity contribution in [3.05, 3.63) is 52.5 Å². The van der Waals surface area contributed by atoms with E-state index in [1.54, 1.807) is 38.1 Å². The summed E-state index contributed by atoms with van der Waals surface area (Å²) in [4.78, 5) is 11.3. The first-order chi connectivity index (χ1) is 15.5. The third-order valence-corrected chi connectivity index (χ3v) is 5.05. The van der Waals surface area contributed by atoms with Crippen molar-refractivity contribution in [2.45, 2.75) is 26.1 Å². The Morgan fingerprint density at radius 3 is 2.39 bits per heavy atom. The van der Waals surface area contributed by atoms with Crippen molar-refractivity contribution in [1.82, 2.24) is 9.78 Å². The summed E-state index contributed by atoms with van der Waals surface area (Å²) in [5, 5.41) is 4.40. The number of halogens is 4. The molecule has 11 heteroatoms. The van der Waals surface area contributed by atoms with Crippen LogP contribution in [-0.4, -0.2) is 35.1 Å². The summed E-state index contributed by atoms with van der Waals surface area (Å²) >= 11 is 12.1. The Morgan fingerprint density at radius 2 is 1.79 bits per heavy atom. The summed E-state index contributed by atoms with van der Waals surface area (Å²) in [5.74, 6) is 1.40. The van der Waals surface area contributed by atoms with Crippen LogP contribution in [-0.2, 0) is 16.6 Å². The number of carbonyl (C=O) groups is 1. The molecule has 0 bridgehead atoms. The molecule has 0 spiro atoms. The molecule has 0 radical (unpaired) electrons. The molecule has 7 nitrogen and oxygen atoms in total. The molecule has 0 fully saturated rings. The lowest BCUT2D eigenvalue weighted by Gasteiger charge is -2.23. The number of rotatable bonds is 6. The van der Waals surface area contributed by atoms with E-state index in [2.05, 4.69) is 14.6 Å². The van der Waals surface area contributed by atoms with Gasteiger partial charge in [0, 0.05) is 18.7 Å². The van der Waals surface area contributed by atoms with Crippen molar-refractivity contribution in [3.8, 4) is 34.4 Å². The molecule has 0 aliphatic carbocycles. The summed E-state index contributed by atoms with van der Waals surface area (Å²) in [6.45, 7) is 0.366. The van der Waals surface area contributed by atoms with Gasteiger partial charge in [0.15, 0.2) is 17.1 Å². The van der Waals surface area contributed by atoms with Gasteiger partial charge >= 0.3 is 12.6 Å². The van der Waals surface area contributed by atoms with E-state index >= 15 is 0 Å². The molecule has 0 saturated carbocycles. The number of benzene rings is 2. The van der Waals surface area contributed by atoms with Gasteiger partial charge in [-0.3, -0.25) is 0 Å². The molecular weight excluding hydrogens is 481 g/mol. The van der Waals surface area contributed by atoms with Gasteiger partial charge in [-0.1, -0.05) is 41.4 Å². The summed E-state index contributed by atoms with van der Waals surface area (Å²) in [7, 11) is 2.80. The fourth-order valence-electron chi connectivity index (χ4n) is 2.81. The first-order valence-electron chi connectivity index (χ1n) is 9.55. The molecule has 0 N–H and O–H groups in total. The van der Waals surface area contributed by atoms with Crippen molar-refractivity contribution in [1.29, 1.82) is 0 Å². The Balaban J connectivity index is 0.000000196. The monoisotopic (exact) mass is 500 g/mol. The SMILES string of the molecule is COC(=O)C(C)(C)Oc1ccccc1.Cn1nc(-c2cc3c(cc2Cl)O3)c(Cl)c1OC(F)F. The summed E-state index contributed by atoms with van der Waals surface area (Å²) < 4.78 is 45.2. The smallest absolute Gasteiger partial charge is 0.388 e. The van der Waals surface area contributed by atoms with Crippen LogP contribution in [0.4, 0.5) is 8.78 Å². The summed E-state index contributed by atoms with van der Waals surface area (Å²) in [6, 6.07) is 12.4. The Morgan fingerprint density at radius 1 is 1.15 bits per heavy atom. The van der Waals surface area contributed by atoms with Crippen LogP contribution in [0.3, 0.4) is 0 Å². The first-order valence-corrected chi connectivity index (χ1v) is 10.3. The van der Waals surface area contributed by atoms with Crippen LogP contribution >= 0.6 is 23.2 Å². The van der Waals surface area contributed by atoms with Gasteiger partial charge in [0.05, 0.1) is 12.1 Å². The molecule has 2 aromatic carbocycles. The summed E-state index contributed by atoms with van der Waals surface area (Å²) in [5.41, 5.74) is -0.179. The highest BCUT2D eigenvalue weighted by Crippen LogP contribution is 2.51. The van der Waals surface area contributed by atoms with Gasteiger partial charge in [-0.15, -0.1) is 0 Å². The molecule has 1 aliphatic rings. The fourth-order valence-corrected chi connectivity index (χ4v) is 3.36. The minimum absolute atomic E-state index is 0.0229.